The van der Waals surface area contributed by atoms with Crippen molar-refractivity contribution in [2.45, 2.75) is 0 Å². The Balaban J connectivity index is 1.95. The molecule has 0 bridgehead atoms. The third-order valence-electron chi connectivity index (χ3n) is 3.02. The minimum atomic E-state index is -0.592. The summed E-state index contributed by atoms with van der Waals surface area (Å²) in [6.07, 6.45) is 1.41. The van der Waals surface area contributed by atoms with Gasteiger partial charge in [0.1, 0.15) is 11.5 Å². The number of hydrogen-bond donors (Lipinski definition) is 2. The summed E-state index contributed by atoms with van der Waals surface area (Å²) in [5.41, 5.74) is 1.12. The maximum atomic E-state index is 11.9. The van der Waals surface area contributed by atoms with Gasteiger partial charge in [-0.25, -0.2) is 9.79 Å². The number of phenolic OH excluding ortho intramolecular Hbond substituents is 2. The van der Waals surface area contributed by atoms with Gasteiger partial charge in [-0.15, -0.1) is 0 Å². The molecule has 1 aliphatic heterocycles. The summed E-state index contributed by atoms with van der Waals surface area (Å²) in [4.78, 5) is 16.0. The molecule has 22 heavy (non-hydrogen) atoms. The van der Waals surface area contributed by atoms with E-state index in [1.165, 1.54) is 24.3 Å². The highest BCUT2D eigenvalue weighted by molar-refractivity contribution is 9.10. The Bertz CT molecular complexity index is 809. The average Bonchev–Trinajstić information content (AvgIpc) is 2.84. The number of carbonyl (C=O) groups is 1. The third kappa shape index (κ3) is 2.87. The highest BCUT2D eigenvalue weighted by Gasteiger charge is 2.24. The second-order valence-corrected chi connectivity index (χ2v) is 5.50. The smallest absolute Gasteiger partial charge is 0.363 e. The predicted octanol–water partition coefficient (Wildman–Crippen LogP) is 3.20. The van der Waals surface area contributed by atoms with Gasteiger partial charge in [0, 0.05) is 21.7 Å². The van der Waals surface area contributed by atoms with Gasteiger partial charge in [-0.05, 0) is 42.5 Å². The first-order valence-electron chi connectivity index (χ1n) is 6.33. The number of nitrogens with zero attached hydrogens (tertiary/aromatic N) is 1. The Kier molecular flexibility index (Phi) is 3.68. The van der Waals surface area contributed by atoms with E-state index in [9.17, 15) is 15.0 Å². The third-order valence-corrected chi connectivity index (χ3v) is 3.55. The Hall–Kier alpha value is -2.60. The van der Waals surface area contributed by atoms with Crippen LogP contribution in [0.3, 0.4) is 0 Å². The molecular weight excluding hydrogens is 350 g/mol. The molecule has 0 radical (unpaired) electrons. The van der Waals surface area contributed by atoms with Crippen molar-refractivity contribution < 1.29 is 19.7 Å². The maximum absolute atomic E-state index is 11.9. The van der Waals surface area contributed by atoms with Crippen molar-refractivity contribution in [3.63, 3.8) is 0 Å². The zero-order chi connectivity index (χ0) is 15.7. The molecule has 3 rings (SSSR count). The van der Waals surface area contributed by atoms with Crippen molar-refractivity contribution >= 4 is 33.9 Å². The molecule has 0 spiro atoms. The highest BCUT2D eigenvalue weighted by atomic mass is 79.9. The van der Waals surface area contributed by atoms with Gasteiger partial charge >= 0.3 is 5.97 Å². The van der Waals surface area contributed by atoms with E-state index >= 15 is 0 Å². The zero-order valence-corrected chi connectivity index (χ0v) is 12.7. The van der Waals surface area contributed by atoms with E-state index in [2.05, 4.69) is 20.9 Å². The topological polar surface area (TPSA) is 79.1 Å². The number of aromatic hydroxyl groups is 2. The molecule has 0 saturated carbocycles. The summed E-state index contributed by atoms with van der Waals surface area (Å²) in [6.45, 7) is 0. The number of cyclic esters (lactones) is 1. The summed E-state index contributed by atoms with van der Waals surface area (Å²) in [5, 5.41) is 19.0. The van der Waals surface area contributed by atoms with Gasteiger partial charge in [0.2, 0.25) is 5.90 Å². The van der Waals surface area contributed by atoms with Gasteiger partial charge in [0.05, 0.1) is 0 Å². The normalized spacial score (nSPS) is 15.8. The Labute approximate surface area is 134 Å². The van der Waals surface area contributed by atoms with Gasteiger partial charge in [-0.1, -0.05) is 15.9 Å². The van der Waals surface area contributed by atoms with E-state index in [1.54, 1.807) is 12.1 Å². The lowest BCUT2D eigenvalue weighted by molar-refractivity contribution is -0.129. The van der Waals surface area contributed by atoms with Crippen molar-refractivity contribution in [1.82, 2.24) is 0 Å². The van der Waals surface area contributed by atoms with Crippen molar-refractivity contribution in [2.24, 2.45) is 4.99 Å². The van der Waals surface area contributed by atoms with Crippen LogP contribution >= 0.6 is 15.9 Å². The van der Waals surface area contributed by atoms with Crippen LogP contribution in [0.4, 0.5) is 0 Å². The van der Waals surface area contributed by atoms with Crippen LogP contribution in [-0.2, 0) is 9.53 Å². The molecule has 0 aliphatic carbocycles. The monoisotopic (exact) mass is 359 g/mol. The molecule has 2 aromatic carbocycles. The zero-order valence-electron chi connectivity index (χ0n) is 11.2. The SMILES string of the molecule is O=C1OC(c2ccc(Br)cc2)=N/C1=C/c1ccc(O)cc1O. The number of benzene rings is 2. The van der Waals surface area contributed by atoms with E-state index in [0.717, 1.165) is 4.47 Å². The average molecular weight is 360 g/mol. The number of aliphatic imine (C=N–C) groups is 1. The Morgan fingerprint density at radius 3 is 2.50 bits per heavy atom. The fourth-order valence-corrected chi connectivity index (χ4v) is 2.19. The molecule has 0 saturated heterocycles. The molecule has 0 fully saturated rings. The van der Waals surface area contributed by atoms with Crippen LogP contribution in [0.15, 0.2) is 57.6 Å². The minimum Gasteiger partial charge on any atom is -0.508 e. The lowest BCUT2D eigenvalue weighted by atomic mass is 10.1. The number of carbonyl (C=O) groups excluding carboxylic acids is 1. The molecular formula is C16H10BrNO4. The van der Waals surface area contributed by atoms with Crippen molar-refractivity contribution in [3.05, 3.63) is 63.8 Å². The number of esters is 1. The van der Waals surface area contributed by atoms with Crippen LogP contribution < -0.4 is 0 Å². The molecule has 0 unspecified atom stereocenters. The lowest BCUT2D eigenvalue weighted by Gasteiger charge is -1.99. The second kappa shape index (κ2) is 5.65. The molecule has 5 nitrogen and oxygen atoms in total. The number of halogens is 1. The van der Waals surface area contributed by atoms with Gasteiger partial charge in [0.25, 0.3) is 0 Å². The van der Waals surface area contributed by atoms with Crippen LogP contribution in [0.2, 0.25) is 0 Å². The van der Waals surface area contributed by atoms with Gasteiger partial charge in [-0.2, -0.15) is 0 Å². The van der Waals surface area contributed by atoms with Crippen LogP contribution in [-0.4, -0.2) is 22.1 Å². The van der Waals surface area contributed by atoms with E-state index in [0.29, 0.717) is 11.1 Å². The first-order chi connectivity index (χ1) is 10.5. The number of rotatable bonds is 2. The lowest BCUT2D eigenvalue weighted by Crippen LogP contribution is -2.05. The molecule has 110 valence electrons. The quantitative estimate of drug-likeness (QED) is 0.637. The van der Waals surface area contributed by atoms with Crippen LogP contribution in [0, 0.1) is 0 Å². The van der Waals surface area contributed by atoms with Crippen LogP contribution in [0.5, 0.6) is 11.5 Å². The first kappa shape index (κ1) is 14.3. The maximum Gasteiger partial charge on any atom is 0.363 e. The fourth-order valence-electron chi connectivity index (χ4n) is 1.93. The van der Waals surface area contributed by atoms with Crippen LogP contribution in [0.1, 0.15) is 11.1 Å². The van der Waals surface area contributed by atoms with E-state index in [1.807, 2.05) is 12.1 Å². The number of hydrogen-bond acceptors (Lipinski definition) is 5. The summed E-state index contributed by atoms with van der Waals surface area (Å²) in [6, 6.07) is 11.3. The number of ether oxygens (including phenoxy) is 1. The van der Waals surface area contributed by atoms with Gasteiger partial charge in [-0.3, -0.25) is 0 Å². The van der Waals surface area contributed by atoms with E-state index < -0.39 is 5.97 Å². The van der Waals surface area contributed by atoms with E-state index in [4.69, 9.17) is 4.74 Å². The molecule has 1 heterocycles. The summed E-state index contributed by atoms with van der Waals surface area (Å²) in [7, 11) is 0. The van der Waals surface area contributed by atoms with E-state index in [-0.39, 0.29) is 23.1 Å². The highest BCUT2D eigenvalue weighted by Crippen LogP contribution is 2.27. The molecule has 0 aromatic heterocycles. The standard InChI is InChI=1S/C16H10BrNO4/c17-11-4-1-9(2-5-11)15-18-13(16(21)22-15)7-10-3-6-12(19)8-14(10)20/h1-8,19-20H/b13-7+. The van der Waals surface area contributed by atoms with Gasteiger partial charge < -0.3 is 14.9 Å². The first-order valence-corrected chi connectivity index (χ1v) is 7.13. The summed E-state index contributed by atoms with van der Waals surface area (Å²) >= 11 is 3.33. The second-order valence-electron chi connectivity index (χ2n) is 4.59. The molecule has 1 aliphatic rings. The summed E-state index contributed by atoms with van der Waals surface area (Å²) in [5.74, 6) is -0.590. The Morgan fingerprint density at radius 1 is 1.09 bits per heavy atom. The predicted molar refractivity (Wildman–Crippen MR) is 84.5 cm³/mol. The molecule has 6 heteroatoms. The van der Waals surface area contributed by atoms with Crippen molar-refractivity contribution in [1.29, 1.82) is 0 Å². The van der Waals surface area contributed by atoms with Crippen molar-refractivity contribution in [2.75, 3.05) is 0 Å². The largest absolute Gasteiger partial charge is 0.508 e. The number of phenols is 2. The van der Waals surface area contributed by atoms with Gasteiger partial charge in [0.15, 0.2) is 5.70 Å². The van der Waals surface area contributed by atoms with Crippen LogP contribution in [0.25, 0.3) is 6.08 Å². The molecule has 2 aromatic rings. The van der Waals surface area contributed by atoms with Crippen molar-refractivity contribution in [3.8, 4) is 11.5 Å². The molecule has 0 atom stereocenters. The minimum absolute atomic E-state index is 0.0623. The molecule has 2 N–H and O–H groups in total. The fraction of sp³-hybridized carbons (Fsp3) is 0. The summed E-state index contributed by atoms with van der Waals surface area (Å²) < 4.78 is 6.04. The molecule has 0 amide bonds. The Morgan fingerprint density at radius 2 is 1.82 bits per heavy atom.